The van der Waals surface area contributed by atoms with Crippen LogP contribution >= 0.6 is 0 Å². The van der Waals surface area contributed by atoms with E-state index in [0.717, 1.165) is 0 Å². The van der Waals surface area contributed by atoms with Gasteiger partial charge in [-0.25, -0.2) is 9.59 Å². The van der Waals surface area contributed by atoms with Crippen LogP contribution < -0.4 is 9.44 Å². The van der Waals surface area contributed by atoms with Crippen molar-refractivity contribution in [1.29, 1.82) is 0 Å². The van der Waals surface area contributed by atoms with E-state index in [0.29, 0.717) is 0 Å². The van der Waals surface area contributed by atoms with Crippen LogP contribution in [0.25, 0.3) is 11.9 Å². The summed E-state index contributed by atoms with van der Waals surface area (Å²) < 4.78 is 59.2. The Morgan fingerprint density at radius 1 is 0.641 bits per heavy atom. The first kappa shape index (κ1) is 67.3. The topological polar surface area (TPSA) is 238 Å². The number of carbonyl (C=O) groups excluding carboxylic acids is 3. The average Bonchev–Trinajstić information content (AvgIpc) is 2.50. The summed E-state index contributed by atoms with van der Waals surface area (Å²) in [6.45, 7) is 15.2. The van der Waals surface area contributed by atoms with Crippen molar-refractivity contribution in [3.63, 3.8) is 0 Å². The first-order valence-corrected chi connectivity index (χ1v) is 11.2. The Labute approximate surface area is 300 Å². The van der Waals surface area contributed by atoms with E-state index in [4.69, 9.17) is 15.2 Å². The third-order valence-corrected chi connectivity index (χ3v) is 2.34. The second-order valence-corrected chi connectivity index (χ2v) is 10.2. The third-order valence-electron chi connectivity index (χ3n) is 1.68. The molecule has 5 N–H and O–H groups in total. The molecule has 0 aromatic rings. The van der Waals surface area contributed by atoms with Crippen molar-refractivity contribution in [1.82, 2.24) is 9.44 Å². The van der Waals surface area contributed by atoms with Crippen LogP contribution in [0.1, 0.15) is 69.7 Å². The van der Waals surface area contributed by atoms with E-state index in [9.17, 15) is 31.2 Å². The van der Waals surface area contributed by atoms with Crippen molar-refractivity contribution in [3.8, 4) is 0 Å². The molecule has 235 valence electrons. The predicted octanol–water partition coefficient (Wildman–Crippen LogP) is 5.50. The zero-order chi connectivity index (χ0) is 27.6. The molecule has 0 aliphatic carbocycles. The zero-order valence-electron chi connectivity index (χ0n) is 24.0. The molecule has 0 aromatic heterocycles. The number of hydrogen-bond acceptors (Lipinski definition) is 13. The minimum Gasteiger partial charge on any atom is -0.693 e. The minimum absolute atomic E-state index is 0. The number of nitrogens with two attached hydrogens (primary N) is 1. The molecule has 0 unspecified atom stereocenters. The van der Waals surface area contributed by atoms with Crippen LogP contribution in [0, 0.1) is 7.43 Å². The SMILES string of the molecule is C.CC(C)(C)OC(=O)OC(=O)OC(C)(C)C.CC(C)(C)OC([NH-])=O.CN[S-](=O)=O.CN[S-](=O)=O.[CH3-].[NH2-].[V].[Y].[Y]. The summed E-state index contributed by atoms with van der Waals surface area (Å²) in [5.74, 6) is 0. The molecule has 0 aromatic carbocycles. The summed E-state index contributed by atoms with van der Waals surface area (Å²) in [4.78, 5) is 31.9. The molecule has 1 amide bonds. The maximum Gasteiger partial charge on any atom is 0.519 e. The summed E-state index contributed by atoms with van der Waals surface area (Å²) >= 11 is 0. The third kappa shape index (κ3) is 92.8. The molecule has 0 aliphatic heterocycles. The molecular formula is C19H45N4O11S2VY2-5. The van der Waals surface area contributed by atoms with Gasteiger partial charge in [-0.15, -0.1) is 0 Å². The molecule has 0 bridgehead atoms. The Kier molecular flexibility index (Phi) is 60.0. The van der Waals surface area contributed by atoms with Crippen LogP contribution in [0.5, 0.6) is 0 Å². The van der Waals surface area contributed by atoms with Crippen molar-refractivity contribution in [3.05, 3.63) is 19.3 Å². The summed E-state index contributed by atoms with van der Waals surface area (Å²) in [6, 6.07) is 0. The quantitative estimate of drug-likeness (QED) is 0.116. The number of hydrogen-bond donors (Lipinski definition) is 2. The Balaban J connectivity index is -0.0000000379. The van der Waals surface area contributed by atoms with Gasteiger partial charge in [0, 0.05) is 84.0 Å². The summed E-state index contributed by atoms with van der Waals surface area (Å²) in [5.41, 5.74) is 4.47. The smallest absolute Gasteiger partial charge is 0.519 e. The van der Waals surface area contributed by atoms with Gasteiger partial charge in [-0.2, -0.15) is 0 Å². The largest absolute Gasteiger partial charge is 0.693 e. The van der Waals surface area contributed by atoms with Crippen molar-refractivity contribution in [2.24, 2.45) is 0 Å². The number of amides is 1. The normalized spacial score (nSPS) is 9.15. The van der Waals surface area contributed by atoms with E-state index in [1.165, 1.54) is 14.1 Å². The molecule has 0 atom stereocenters. The van der Waals surface area contributed by atoms with Gasteiger partial charge in [0.15, 0.2) is 0 Å². The molecule has 0 saturated heterocycles. The van der Waals surface area contributed by atoms with Crippen molar-refractivity contribution in [2.45, 2.75) is 86.5 Å². The van der Waals surface area contributed by atoms with Gasteiger partial charge < -0.3 is 64.5 Å². The molecule has 20 heteroatoms. The van der Waals surface area contributed by atoms with Crippen molar-refractivity contribution < 1.29 is 134 Å². The maximum atomic E-state index is 11.0. The molecule has 15 nitrogen and oxygen atoms in total. The van der Waals surface area contributed by atoms with Crippen LogP contribution in [0.2, 0.25) is 0 Å². The van der Waals surface area contributed by atoms with Gasteiger partial charge in [0.05, 0.1) is 0 Å². The first-order chi connectivity index (χ1) is 14.5. The van der Waals surface area contributed by atoms with Crippen LogP contribution in [0.4, 0.5) is 14.4 Å². The van der Waals surface area contributed by atoms with Crippen molar-refractivity contribution >= 4 is 40.2 Å². The average molecular weight is 798 g/mol. The monoisotopic (exact) mass is 798 g/mol. The molecular weight excluding hydrogens is 753 g/mol. The van der Waals surface area contributed by atoms with E-state index in [2.05, 4.69) is 9.47 Å². The van der Waals surface area contributed by atoms with Crippen LogP contribution in [0.15, 0.2) is 0 Å². The Morgan fingerprint density at radius 2 is 0.821 bits per heavy atom. The van der Waals surface area contributed by atoms with Gasteiger partial charge in [0.25, 0.3) is 0 Å². The fourth-order valence-electron chi connectivity index (χ4n) is 0.888. The van der Waals surface area contributed by atoms with Gasteiger partial charge >= 0.3 is 12.3 Å². The fraction of sp³-hybridized carbons (Fsp3) is 0.789. The molecule has 0 aliphatic rings. The number of ether oxygens (including phenoxy) is 4. The number of nitrogens with one attached hydrogen (secondary N) is 3. The van der Waals surface area contributed by atoms with E-state index >= 15 is 0 Å². The summed E-state index contributed by atoms with van der Waals surface area (Å²) in [6.07, 6.45) is -3.09. The summed E-state index contributed by atoms with van der Waals surface area (Å²) in [7, 11) is -1.47. The predicted molar refractivity (Wildman–Crippen MR) is 138 cm³/mol. The molecule has 0 rings (SSSR count). The molecule has 39 heavy (non-hydrogen) atoms. The van der Waals surface area contributed by atoms with Gasteiger partial charge in [0.2, 0.25) is 6.09 Å². The molecule has 0 saturated carbocycles. The van der Waals surface area contributed by atoms with Gasteiger partial charge in [-0.1, -0.05) is 7.43 Å². The van der Waals surface area contributed by atoms with E-state index in [1.807, 2.05) is 9.44 Å². The van der Waals surface area contributed by atoms with E-state index in [1.54, 1.807) is 62.3 Å². The van der Waals surface area contributed by atoms with E-state index in [-0.39, 0.29) is 105 Å². The van der Waals surface area contributed by atoms with Crippen LogP contribution in [0.3, 0.4) is 0 Å². The fourth-order valence-corrected chi connectivity index (χ4v) is 0.888. The van der Waals surface area contributed by atoms with Gasteiger partial charge in [-0.05, 0) is 98.2 Å². The van der Waals surface area contributed by atoms with Crippen LogP contribution in [-0.4, -0.2) is 49.3 Å². The van der Waals surface area contributed by atoms with Crippen molar-refractivity contribution in [2.75, 3.05) is 14.1 Å². The first-order valence-electron chi connectivity index (χ1n) is 9.07. The van der Waals surface area contributed by atoms with Gasteiger partial charge in [-0.3, -0.25) is 4.79 Å². The van der Waals surface area contributed by atoms with Crippen LogP contribution in [-0.2, 0) is 142 Å². The number of carbonyl (C=O) groups is 3. The molecule has 0 heterocycles. The number of rotatable bonds is 2. The Bertz CT molecular complexity index is 689. The molecule has 0 spiro atoms. The zero-order valence-corrected chi connectivity index (χ0v) is 32.7. The molecule has 0 fully saturated rings. The molecule has 3 radical (unpaired) electrons. The Morgan fingerprint density at radius 3 is 0.897 bits per heavy atom. The summed E-state index contributed by atoms with van der Waals surface area (Å²) in [5, 5.41) is 0. The maximum absolute atomic E-state index is 11.0. The van der Waals surface area contributed by atoms with E-state index < -0.39 is 57.0 Å². The Hall–Kier alpha value is 0.582. The van der Waals surface area contributed by atoms with Gasteiger partial charge in [0.1, 0.15) is 16.8 Å². The second kappa shape index (κ2) is 34.8. The second-order valence-electron chi connectivity index (χ2n) is 8.41. The minimum atomic E-state index is -2.07. The standard InChI is InChI=1S/C10H18O5.C5H11NO2.2CH4NO2S.CH4.CH3.H2N.V.2Y/c1-9(2,3)14-7(11)13-8(12)15-10(4,5)6;1-5(2,3)8-4(6)7;2*1-2-5(3)4;;;;;;/h1-6H3;1-3H3,(H2,6,7);2*1H3,(H,2,3,4);1H4;1H3;1H2;;;/q;;2*-1;;2*-1;;;/p-1.